The number of carbonyl (C=O) groups excluding carboxylic acids is 1. The van der Waals surface area contributed by atoms with Crippen LogP contribution in [0.4, 0.5) is 0 Å². The minimum Gasteiger partial charge on any atom is -0.504 e. The molecule has 0 unspecified atom stereocenters. The normalized spacial score (nSPS) is 10.1. The Labute approximate surface area is 117 Å². The molecule has 0 saturated carbocycles. The highest BCUT2D eigenvalue weighted by atomic mass is 16.3. The van der Waals surface area contributed by atoms with Gasteiger partial charge >= 0.3 is 0 Å². The molecule has 1 aromatic carbocycles. The zero-order valence-corrected chi connectivity index (χ0v) is 11.4. The topological polar surface area (TPSA) is 102 Å². The Morgan fingerprint density at radius 2 is 1.85 bits per heavy atom. The summed E-state index contributed by atoms with van der Waals surface area (Å²) in [7, 11) is 0. The van der Waals surface area contributed by atoms with Gasteiger partial charge in [-0.2, -0.15) is 0 Å². The number of carbonyl (C=O) groups is 1. The zero-order chi connectivity index (χ0) is 15.1. The lowest BCUT2D eigenvalue weighted by atomic mass is 10.1. The van der Waals surface area contributed by atoms with Crippen LogP contribution in [0.3, 0.4) is 0 Å². The number of hydrogen-bond acceptors (Lipinski definition) is 5. The molecular weight excluding hydrogens is 260 g/mol. The summed E-state index contributed by atoms with van der Waals surface area (Å²) in [6.07, 6.45) is 0.693. The van der Waals surface area contributed by atoms with E-state index in [0.29, 0.717) is 31.5 Å². The molecule has 0 fully saturated rings. The summed E-state index contributed by atoms with van der Waals surface area (Å²) in [6.45, 7) is 6.34. The molecule has 0 bridgehead atoms. The second-order valence-corrected chi connectivity index (χ2v) is 4.50. The van der Waals surface area contributed by atoms with E-state index in [-0.39, 0.29) is 17.4 Å². The lowest BCUT2D eigenvalue weighted by Gasteiger charge is -2.09. The van der Waals surface area contributed by atoms with Gasteiger partial charge in [0.15, 0.2) is 11.5 Å². The molecule has 0 aliphatic rings. The van der Waals surface area contributed by atoms with Gasteiger partial charge in [0.05, 0.1) is 0 Å². The lowest BCUT2D eigenvalue weighted by Crippen LogP contribution is -2.28. The molecule has 0 saturated heterocycles. The minimum atomic E-state index is -0.542. The van der Waals surface area contributed by atoms with E-state index in [0.717, 1.165) is 5.70 Å². The zero-order valence-electron chi connectivity index (χ0n) is 11.4. The molecule has 0 aliphatic heterocycles. The Kier molecular flexibility index (Phi) is 5.71. The van der Waals surface area contributed by atoms with Crippen LogP contribution in [0.2, 0.25) is 0 Å². The fourth-order valence-electron chi connectivity index (χ4n) is 1.63. The molecule has 0 atom stereocenters. The molecular formula is C14H20N2O4. The maximum atomic E-state index is 11.5. The second-order valence-electron chi connectivity index (χ2n) is 4.50. The summed E-state index contributed by atoms with van der Waals surface area (Å²) >= 11 is 0. The number of allylic oxidation sites excluding steroid dienone is 1. The Balaban J connectivity index is 2.36. The number of rotatable bonds is 7. The predicted molar refractivity (Wildman–Crippen MR) is 75.6 cm³/mol. The number of phenols is 3. The predicted octanol–water partition coefficient (Wildman–Crippen LogP) is 0.975. The Bertz CT molecular complexity index is 500. The molecule has 1 amide bonds. The molecule has 0 radical (unpaired) electrons. The van der Waals surface area contributed by atoms with Gasteiger partial charge in [-0.25, -0.2) is 0 Å². The Morgan fingerprint density at radius 1 is 1.15 bits per heavy atom. The van der Waals surface area contributed by atoms with Crippen LogP contribution in [0, 0.1) is 0 Å². The van der Waals surface area contributed by atoms with Crippen molar-refractivity contribution in [2.45, 2.75) is 19.8 Å². The molecule has 6 nitrogen and oxygen atoms in total. The van der Waals surface area contributed by atoms with Crippen molar-refractivity contribution in [3.05, 3.63) is 30.0 Å². The second kappa shape index (κ2) is 7.28. The van der Waals surface area contributed by atoms with Crippen LogP contribution in [-0.4, -0.2) is 34.3 Å². The van der Waals surface area contributed by atoms with Crippen LogP contribution >= 0.6 is 0 Å². The van der Waals surface area contributed by atoms with Gasteiger partial charge in [0, 0.05) is 25.2 Å². The number of hydrogen-bond donors (Lipinski definition) is 5. The largest absolute Gasteiger partial charge is 0.504 e. The van der Waals surface area contributed by atoms with E-state index in [2.05, 4.69) is 17.2 Å². The van der Waals surface area contributed by atoms with Crippen molar-refractivity contribution >= 4 is 5.91 Å². The SMILES string of the molecule is C=C(C)NCCC(=O)NCCc1ccc(O)c(O)c1O. The Morgan fingerprint density at radius 3 is 2.50 bits per heavy atom. The molecule has 20 heavy (non-hydrogen) atoms. The standard InChI is InChI=1S/C14H20N2O4/c1-9(2)15-8-6-12(18)16-7-5-10-3-4-11(17)14(20)13(10)19/h3-4,15,17,19-20H,1,5-8H2,2H3,(H,16,18). The lowest BCUT2D eigenvalue weighted by molar-refractivity contribution is -0.120. The molecule has 0 aromatic heterocycles. The van der Waals surface area contributed by atoms with Crippen molar-refractivity contribution < 1.29 is 20.1 Å². The molecule has 1 aromatic rings. The summed E-state index contributed by atoms with van der Waals surface area (Å²) in [5.74, 6) is -1.38. The monoisotopic (exact) mass is 280 g/mol. The van der Waals surface area contributed by atoms with Gasteiger partial charge in [0.1, 0.15) is 0 Å². The van der Waals surface area contributed by atoms with E-state index in [1.54, 1.807) is 0 Å². The van der Waals surface area contributed by atoms with Gasteiger partial charge in [-0.15, -0.1) is 0 Å². The summed E-state index contributed by atoms with van der Waals surface area (Å²) in [5, 5.41) is 33.8. The molecule has 0 aliphatic carbocycles. The van der Waals surface area contributed by atoms with Crippen LogP contribution in [-0.2, 0) is 11.2 Å². The average Bonchev–Trinajstić information content (AvgIpc) is 2.38. The van der Waals surface area contributed by atoms with Gasteiger partial charge in [0.2, 0.25) is 11.7 Å². The third-order valence-electron chi connectivity index (χ3n) is 2.71. The first-order valence-electron chi connectivity index (χ1n) is 6.30. The van der Waals surface area contributed by atoms with Crippen LogP contribution < -0.4 is 10.6 Å². The average molecular weight is 280 g/mol. The first kappa shape index (κ1) is 15.7. The van der Waals surface area contributed by atoms with Crippen molar-refractivity contribution in [3.8, 4) is 17.2 Å². The summed E-state index contributed by atoms with van der Waals surface area (Å²) in [6, 6.07) is 2.79. The van der Waals surface area contributed by atoms with Crippen LogP contribution in [0.15, 0.2) is 24.4 Å². The first-order valence-corrected chi connectivity index (χ1v) is 6.30. The summed E-state index contributed by atoms with van der Waals surface area (Å²) in [4.78, 5) is 11.5. The highest BCUT2D eigenvalue weighted by Gasteiger charge is 2.10. The summed E-state index contributed by atoms with van der Waals surface area (Å²) in [5.41, 5.74) is 1.27. The highest BCUT2D eigenvalue weighted by molar-refractivity contribution is 5.76. The van der Waals surface area contributed by atoms with Crippen LogP contribution in [0.5, 0.6) is 17.2 Å². The number of phenolic OH excluding ortho intramolecular Hbond substituents is 3. The number of nitrogens with one attached hydrogen (secondary N) is 2. The van der Waals surface area contributed by atoms with Crippen LogP contribution in [0.1, 0.15) is 18.9 Å². The van der Waals surface area contributed by atoms with E-state index in [9.17, 15) is 20.1 Å². The van der Waals surface area contributed by atoms with E-state index >= 15 is 0 Å². The third-order valence-corrected chi connectivity index (χ3v) is 2.71. The molecule has 5 N–H and O–H groups in total. The molecule has 1 rings (SSSR count). The van der Waals surface area contributed by atoms with E-state index in [4.69, 9.17) is 0 Å². The first-order chi connectivity index (χ1) is 9.41. The molecule has 0 spiro atoms. The van der Waals surface area contributed by atoms with Crippen molar-refractivity contribution in [2.75, 3.05) is 13.1 Å². The van der Waals surface area contributed by atoms with Gasteiger partial charge in [-0.05, 0) is 25.0 Å². The van der Waals surface area contributed by atoms with E-state index < -0.39 is 5.75 Å². The fraction of sp³-hybridized carbons (Fsp3) is 0.357. The minimum absolute atomic E-state index is 0.110. The number of amides is 1. The maximum absolute atomic E-state index is 11.5. The maximum Gasteiger partial charge on any atom is 0.221 e. The van der Waals surface area contributed by atoms with Gasteiger partial charge in [-0.3, -0.25) is 4.79 Å². The van der Waals surface area contributed by atoms with Crippen molar-refractivity contribution in [1.82, 2.24) is 10.6 Å². The molecule has 110 valence electrons. The summed E-state index contributed by atoms with van der Waals surface area (Å²) < 4.78 is 0. The van der Waals surface area contributed by atoms with Crippen molar-refractivity contribution in [3.63, 3.8) is 0 Å². The van der Waals surface area contributed by atoms with Crippen LogP contribution in [0.25, 0.3) is 0 Å². The van der Waals surface area contributed by atoms with Crippen molar-refractivity contribution in [1.29, 1.82) is 0 Å². The third kappa shape index (κ3) is 4.72. The quantitative estimate of drug-likeness (QED) is 0.479. The fourth-order valence-corrected chi connectivity index (χ4v) is 1.63. The van der Waals surface area contributed by atoms with Gasteiger partial charge in [0.25, 0.3) is 0 Å². The van der Waals surface area contributed by atoms with Crippen molar-refractivity contribution in [2.24, 2.45) is 0 Å². The number of benzene rings is 1. The molecule has 6 heteroatoms. The Hall–Kier alpha value is -2.37. The van der Waals surface area contributed by atoms with E-state index in [1.165, 1.54) is 12.1 Å². The number of aromatic hydroxyl groups is 3. The van der Waals surface area contributed by atoms with Gasteiger partial charge in [-0.1, -0.05) is 12.6 Å². The molecule has 0 heterocycles. The smallest absolute Gasteiger partial charge is 0.221 e. The van der Waals surface area contributed by atoms with Gasteiger partial charge < -0.3 is 26.0 Å². The highest BCUT2D eigenvalue weighted by Crippen LogP contribution is 2.36. The van der Waals surface area contributed by atoms with E-state index in [1.807, 2.05) is 6.92 Å².